The molecule has 1 aliphatic rings. The molecule has 2 N–H and O–H groups in total. The fraction of sp³-hybridized carbons (Fsp3) is 0.571. The fourth-order valence-electron chi connectivity index (χ4n) is 2.65. The number of carbonyl (C=O) groups is 1. The molecule has 1 saturated heterocycles. The monoisotopic (exact) mass is 262 g/mol. The van der Waals surface area contributed by atoms with E-state index >= 15 is 0 Å². The van der Waals surface area contributed by atoms with E-state index in [1.165, 1.54) is 0 Å². The zero-order valence-electron chi connectivity index (χ0n) is 11.9. The Morgan fingerprint density at radius 1 is 1.47 bits per heavy atom. The number of nitrogen functional groups attached to an aromatic ring is 1. The fourth-order valence-corrected chi connectivity index (χ4v) is 2.65. The van der Waals surface area contributed by atoms with E-state index in [-0.39, 0.29) is 5.91 Å². The zero-order chi connectivity index (χ0) is 14.0. The topological polar surface area (TPSA) is 62.5 Å². The van der Waals surface area contributed by atoms with Gasteiger partial charge in [-0.1, -0.05) is 6.92 Å². The van der Waals surface area contributed by atoms with Crippen LogP contribution in [0.15, 0.2) is 12.1 Å². The number of hydrogen-bond acceptors (Lipinski definition) is 4. The Morgan fingerprint density at radius 3 is 2.79 bits per heavy atom. The van der Waals surface area contributed by atoms with Crippen molar-refractivity contribution in [2.75, 3.05) is 31.9 Å². The van der Waals surface area contributed by atoms with Crippen molar-refractivity contribution in [3.8, 4) is 0 Å². The normalized spacial score (nSPS) is 20.6. The Labute approximate surface area is 114 Å². The van der Waals surface area contributed by atoms with E-state index in [4.69, 9.17) is 5.73 Å². The smallest absolute Gasteiger partial charge is 0.254 e. The van der Waals surface area contributed by atoms with Crippen LogP contribution >= 0.6 is 0 Å². The number of nitrogens with zero attached hydrogens (tertiary/aromatic N) is 3. The molecular formula is C14H22N4O. The Kier molecular flexibility index (Phi) is 4.04. The highest BCUT2D eigenvalue weighted by Gasteiger charge is 2.26. The lowest BCUT2D eigenvalue weighted by molar-refractivity contribution is 0.0528. The summed E-state index contributed by atoms with van der Waals surface area (Å²) in [5, 5.41) is 0. The molecule has 19 heavy (non-hydrogen) atoms. The first-order chi connectivity index (χ1) is 9.01. The molecule has 2 rings (SSSR count). The second kappa shape index (κ2) is 5.57. The molecule has 1 unspecified atom stereocenters. The van der Waals surface area contributed by atoms with Crippen molar-refractivity contribution in [2.24, 2.45) is 0 Å². The highest BCUT2D eigenvalue weighted by molar-refractivity contribution is 5.95. The molecular weight excluding hydrogens is 240 g/mol. The maximum absolute atomic E-state index is 12.5. The van der Waals surface area contributed by atoms with Crippen molar-refractivity contribution in [3.05, 3.63) is 23.4 Å². The Morgan fingerprint density at radius 2 is 2.21 bits per heavy atom. The Hall–Kier alpha value is -1.62. The average Bonchev–Trinajstić information content (AvgIpc) is 2.36. The first kappa shape index (κ1) is 13.8. The molecule has 1 aliphatic heterocycles. The molecule has 1 aromatic rings. The van der Waals surface area contributed by atoms with Gasteiger partial charge in [-0.05, 0) is 32.5 Å². The molecule has 1 atom stereocenters. The third kappa shape index (κ3) is 3.04. The Balaban J connectivity index is 2.12. The summed E-state index contributed by atoms with van der Waals surface area (Å²) in [6, 6.07) is 3.87. The van der Waals surface area contributed by atoms with E-state index in [1.54, 1.807) is 12.1 Å². The van der Waals surface area contributed by atoms with Crippen molar-refractivity contribution < 1.29 is 4.79 Å². The largest absolute Gasteiger partial charge is 0.384 e. The lowest BCUT2D eigenvalue weighted by Gasteiger charge is -2.39. The van der Waals surface area contributed by atoms with Crippen molar-refractivity contribution in [1.82, 2.24) is 14.8 Å². The minimum absolute atomic E-state index is 0.0554. The lowest BCUT2D eigenvalue weighted by Crippen LogP contribution is -2.53. The van der Waals surface area contributed by atoms with Gasteiger partial charge in [-0.25, -0.2) is 4.98 Å². The van der Waals surface area contributed by atoms with Crippen molar-refractivity contribution in [3.63, 3.8) is 0 Å². The molecule has 0 spiro atoms. The van der Waals surface area contributed by atoms with Gasteiger partial charge < -0.3 is 10.6 Å². The van der Waals surface area contributed by atoms with Gasteiger partial charge in [-0.15, -0.1) is 0 Å². The van der Waals surface area contributed by atoms with Gasteiger partial charge in [-0.2, -0.15) is 0 Å². The molecule has 0 aromatic carbocycles. The molecule has 0 aliphatic carbocycles. The quantitative estimate of drug-likeness (QED) is 0.868. The molecule has 0 bridgehead atoms. The summed E-state index contributed by atoms with van der Waals surface area (Å²) in [7, 11) is 0. The number of piperazine rings is 1. The third-order valence-corrected chi connectivity index (χ3v) is 3.68. The number of anilines is 1. The van der Waals surface area contributed by atoms with Crippen LogP contribution in [0, 0.1) is 6.92 Å². The summed E-state index contributed by atoms with van der Waals surface area (Å²) in [5.74, 6) is 0.461. The van der Waals surface area contributed by atoms with Crippen LogP contribution in [-0.4, -0.2) is 52.9 Å². The SMILES string of the molecule is CCN1CCN(C(=O)c2cc(C)nc(N)c2)CC1C. The van der Waals surface area contributed by atoms with E-state index in [9.17, 15) is 4.79 Å². The van der Waals surface area contributed by atoms with E-state index in [1.807, 2.05) is 11.8 Å². The summed E-state index contributed by atoms with van der Waals surface area (Å²) in [6.45, 7) is 9.68. The van der Waals surface area contributed by atoms with Crippen LogP contribution in [0.5, 0.6) is 0 Å². The zero-order valence-corrected chi connectivity index (χ0v) is 11.9. The van der Waals surface area contributed by atoms with E-state index in [0.29, 0.717) is 17.4 Å². The van der Waals surface area contributed by atoms with Crippen LogP contribution in [0.3, 0.4) is 0 Å². The first-order valence-corrected chi connectivity index (χ1v) is 6.78. The summed E-state index contributed by atoms with van der Waals surface area (Å²) in [6.07, 6.45) is 0. The maximum Gasteiger partial charge on any atom is 0.254 e. The van der Waals surface area contributed by atoms with Crippen molar-refractivity contribution >= 4 is 11.7 Å². The van der Waals surface area contributed by atoms with Crippen LogP contribution in [0.1, 0.15) is 29.9 Å². The van der Waals surface area contributed by atoms with Gasteiger partial charge >= 0.3 is 0 Å². The number of aryl methyl sites for hydroxylation is 1. The average molecular weight is 262 g/mol. The van der Waals surface area contributed by atoms with Crippen molar-refractivity contribution in [2.45, 2.75) is 26.8 Å². The number of amides is 1. The highest BCUT2D eigenvalue weighted by atomic mass is 16.2. The van der Waals surface area contributed by atoms with Crippen LogP contribution in [0.2, 0.25) is 0 Å². The van der Waals surface area contributed by atoms with Gasteiger partial charge in [0.2, 0.25) is 0 Å². The molecule has 2 heterocycles. The molecule has 1 fully saturated rings. The van der Waals surface area contributed by atoms with Gasteiger partial charge in [0.05, 0.1) is 0 Å². The van der Waals surface area contributed by atoms with Gasteiger partial charge in [0, 0.05) is 36.9 Å². The van der Waals surface area contributed by atoms with E-state index in [0.717, 1.165) is 31.9 Å². The molecule has 104 valence electrons. The van der Waals surface area contributed by atoms with Crippen LogP contribution in [0.4, 0.5) is 5.82 Å². The molecule has 1 amide bonds. The number of likely N-dealkylation sites (N-methyl/N-ethyl adjacent to an activating group) is 1. The summed E-state index contributed by atoms with van der Waals surface area (Å²) < 4.78 is 0. The molecule has 1 aromatic heterocycles. The first-order valence-electron chi connectivity index (χ1n) is 6.78. The summed E-state index contributed by atoms with van der Waals surface area (Å²) >= 11 is 0. The van der Waals surface area contributed by atoms with Gasteiger partial charge in [-0.3, -0.25) is 9.69 Å². The molecule has 0 radical (unpaired) electrons. The summed E-state index contributed by atoms with van der Waals surface area (Å²) in [4.78, 5) is 20.9. The number of rotatable bonds is 2. The van der Waals surface area contributed by atoms with E-state index in [2.05, 4.69) is 23.7 Å². The minimum atomic E-state index is 0.0554. The maximum atomic E-state index is 12.5. The standard InChI is InChI=1S/C14H22N4O/c1-4-17-5-6-18(9-11(17)3)14(19)12-7-10(2)16-13(15)8-12/h7-8,11H,4-6,9H2,1-3H3,(H2,15,16). The van der Waals surface area contributed by atoms with E-state index < -0.39 is 0 Å². The number of pyridine rings is 1. The predicted octanol–water partition coefficient (Wildman–Crippen LogP) is 1.14. The minimum Gasteiger partial charge on any atom is -0.384 e. The number of aromatic nitrogens is 1. The van der Waals surface area contributed by atoms with Crippen LogP contribution in [-0.2, 0) is 0 Å². The second-order valence-corrected chi connectivity index (χ2v) is 5.15. The highest BCUT2D eigenvalue weighted by Crippen LogP contribution is 2.14. The van der Waals surface area contributed by atoms with Gasteiger partial charge in [0.1, 0.15) is 5.82 Å². The second-order valence-electron chi connectivity index (χ2n) is 5.15. The lowest BCUT2D eigenvalue weighted by atomic mass is 10.1. The summed E-state index contributed by atoms with van der Waals surface area (Å²) in [5.41, 5.74) is 7.13. The van der Waals surface area contributed by atoms with Gasteiger partial charge in [0.15, 0.2) is 0 Å². The molecule has 0 saturated carbocycles. The predicted molar refractivity (Wildman–Crippen MR) is 76.0 cm³/mol. The van der Waals surface area contributed by atoms with Crippen molar-refractivity contribution in [1.29, 1.82) is 0 Å². The third-order valence-electron chi connectivity index (χ3n) is 3.68. The van der Waals surface area contributed by atoms with Crippen LogP contribution < -0.4 is 5.73 Å². The van der Waals surface area contributed by atoms with Gasteiger partial charge in [0.25, 0.3) is 5.91 Å². The van der Waals surface area contributed by atoms with Crippen LogP contribution in [0.25, 0.3) is 0 Å². The number of nitrogens with two attached hydrogens (primary N) is 1. The Bertz CT molecular complexity index is 454. The number of carbonyl (C=O) groups excluding carboxylic acids is 1. The molecule has 5 nitrogen and oxygen atoms in total. The molecule has 5 heteroatoms. The number of hydrogen-bond donors (Lipinski definition) is 1.